The van der Waals surface area contributed by atoms with Gasteiger partial charge in [0, 0.05) is 24.2 Å². The maximum Gasteiger partial charge on any atom is 0.251 e. The molecule has 86 valence electrons. The van der Waals surface area contributed by atoms with Crippen LogP contribution in [0.3, 0.4) is 0 Å². The zero-order chi connectivity index (χ0) is 12.0. The molecule has 0 saturated heterocycles. The number of anilines is 1. The first-order valence-corrected chi connectivity index (χ1v) is 5.35. The SMILES string of the molecule is CCNC(=O)c1ccc(NC(=O)CC)cc1. The van der Waals surface area contributed by atoms with Crippen LogP contribution in [-0.2, 0) is 4.79 Å². The van der Waals surface area contributed by atoms with Gasteiger partial charge in [-0.15, -0.1) is 0 Å². The number of hydrogen-bond donors (Lipinski definition) is 2. The van der Waals surface area contributed by atoms with Crippen LogP contribution in [-0.4, -0.2) is 18.4 Å². The van der Waals surface area contributed by atoms with Gasteiger partial charge in [0.15, 0.2) is 0 Å². The van der Waals surface area contributed by atoms with E-state index in [-0.39, 0.29) is 11.8 Å². The van der Waals surface area contributed by atoms with Crippen LogP contribution in [0.4, 0.5) is 5.69 Å². The monoisotopic (exact) mass is 220 g/mol. The van der Waals surface area contributed by atoms with Crippen LogP contribution in [0.5, 0.6) is 0 Å². The van der Waals surface area contributed by atoms with Crippen molar-refractivity contribution in [1.82, 2.24) is 5.32 Å². The molecule has 0 spiro atoms. The lowest BCUT2D eigenvalue weighted by atomic mass is 10.2. The van der Waals surface area contributed by atoms with Crippen LogP contribution in [0.1, 0.15) is 30.6 Å². The Hall–Kier alpha value is -1.84. The lowest BCUT2D eigenvalue weighted by Gasteiger charge is -2.05. The van der Waals surface area contributed by atoms with Gasteiger partial charge in [-0.1, -0.05) is 6.92 Å². The fourth-order valence-corrected chi connectivity index (χ4v) is 1.22. The summed E-state index contributed by atoms with van der Waals surface area (Å²) in [5, 5.41) is 5.43. The maximum absolute atomic E-state index is 11.4. The second-order valence-electron chi connectivity index (χ2n) is 3.34. The van der Waals surface area contributed by atoms with Crippen molar-refractivity contribution in [2.24, 2.45) is 0 Å². The Bertz CT molecular complexity index is 371. The third kappa shape index (κ3) is 3.38. The van der Waals surface area contributed by atoms with Crippen molar-refractivity contribution >= 4 is 17.5 Å². The van der Waals surface area contributed by atoms with Crippen molar-refractivity contribution in [3.8, 4) is 0 Å². The molecular formula is C12H16N2O2. The van der Waals surface area contributed by atoms with Gasteiger partial charge in [0.1, 0.15) is 0 Å². The fourth-order valence-electron chi connectivity index (χ4n) is 1.22. The van der Waals surface area contributed by atoms with Gasteiger partial charge in [0.05, 0.1) is 0 Å². The Morgan fingerprint density at radius 3 is 2.25 bits per heavy atom. The molecule has 0 radical (unpaired) electrons. The van der Waals surface area contributed by atoms with Crippen LogP contribution >= 0.6 is 0 Å². The van der Waals surface area contributed by atoms with E-state index in [0.29, 0.717) is 24.2 Å². The molecule has 1 aromatic carbocycles. The first-order chi connectivity index (χ1) is 7.67. The molecule has 1 rings (SSSR count). The topological polar surface area (TPSA) is 58.2 Å². The predicted molar refractivity (Wildman–Crippen MR) is 63.4 cm³/mol. The van der Waals surface area contributed by atoms with Crippen LogP contribution in [0.2, 0.25) is 0 Å². The summed E-state index contributed by atoms with van der Waals surface area (Å²) in [5.74, 6) is -0.137. The normalized spacial score (nSPS) is 9.62. The molecule has 0 saturated carbocycles. The van der Waals surface area contributed by atoms with Gasteiger partial charge < -0.3 is 10.6 Å². The first-order valence-electron chi connectivity index (χ1n) is 5.35. The van der Waals surface area contributed by atoms with E-state index in [0.717, 1.165) is 0 Å². The molecule has 4 heteroatoms. The van der Waals surface area contributed by atoms with Crippen molar-refractivity contribution in [2.45, 2.75) is 20.3 Å². The highest BCUT2D eigenvalue weighted by Crippen LogP contribution is 2.09. The minimum absolute atomic E-state index is 0.0363. The number of hydrogen-bond acceptors (Lipinski definition) is 2. The van der Waals surface area contributed by atoms with E-state index >= 15 is 0 Å². The highest BCUT2D eigenvalue weighted by atomic mass is 16.2. The molecule has 1 aromatic rings. The van der Waals surface area contributed by atoms with Crippen LogP contribution in [0.25, 0.3) is 0 Å². The summed E-state index contributed by atoms with van der Waals surface area (Å²) >= 11 is 0. The number of amides is 2. The predicted octanol–water partition coefficient (Wildman–Crippen LogP) is 1.78. The van der Waals surface area contributed by atoms with E-state index in [1.807, 2.05) is 6.92 Å². The van der Waals surface area contributed by atoms with Gasteiger partial charge in [0.25, 0.3) is 5.91 Å². The maximum atomic E-state index is 11.4. The van der Waals surface area contributed by atoms with E-state index < -0.39 is 0 Å². The summed E-state index contributed by atoms with van der Waals surface area (Å²) in [6.07, 6.45) is 0.443. The van der Waals surface area contributed by atoms with Crippen molar-refractivity contribution < 1.29 is 9.59 Å². The Labute approximate surface area is 95.0 Å². The molecule has 2 amide bonds. The van der Waals surface area contributed by atoms with E-state index in [1.165, 1.54) is 0 Å². The Balaban J connectivity index is 2.67. The number of rotatable bonds is 4. The van der Waals surface area contributed by atoms with Crippen molar-refractivity contribution in [1.29, 1.82) is 0 Å². The van der Waals surface area contributed by atoms with E-state index in [1.54, 1.807) is 31.2 Å². The molecule has 0 aliphatic rings. The highest BCUT2D eigenvalue weighted by molar-refractivity contribution is 5.95. The average molecular weight is 220 g/mol. The largest absolute Gasteiger partial charge is 0.352 e. The van der Waals surface area contributed by atoms with E-state index in [4.69, 9.17) is 0 Å². The van der Waals surface area contributed by atoms with Crippen molar-refractivity contribution in [2.75, 3.05) is 11.9 Å². The lowest BCUT2D eigenvalue weighted by molar-refractivity contribution is -0.115. The van der Waals surface area contributed by atoms with Gasteiger partial charge in [-0.05, 0) is 31.2 Å². The molecule has 0 bridgehead atoms. The minimum Gasteiger partial charge on any atom is -0.352 e. The average Bonchev–Trinajstić information content (AvgIpc) is 2.30. The number of carbonyl (C=O) groups is 2. The van der Waals surface area contributed by atoms with E-state index in [2.05, 4.69) is 10.6 Å². The van der Waals surface area contributed by atoms with Crippen LogP contribution < -0.4 is 10.6 Å². The van der Waals surface area contributed by atoms with Gasteiger partial charge in [0.2, 0.25) is 5.91 Å². The first kappa shape index (κ1) is 12.2. The molecule has 16 heavy (non-hydrogen) atoms. The molecular weight excluding hydrogens is 204 g/mol. The fraction of sp³-hybridized carbons (Fsp3) is 0.333. The third-order valence-corrected chi connectivity index (χ3v) is 2.09. The standard InChI is InChI=1S/C12H16N2O2/c1-3-11(15)14-10-7-5-9(6-8-10)12(16)13-4-2/h5-8H,3-4H2,1-2H3,(H,13,16)(H,14,15). The second-order valence-corrected chi connectivity index (χ2v) is 3.34. The number of carbonyl (C=O) groups excluding carboxylic acids is 2. The van der Waals surface area contributed by atoms with Crippen molar-refractivity contribution in [3.05, 3.63) is 29.8 Å². The molecule has 4 nitrogen and oxygen atoms in total. The highest BCUT2D eigenvalue weighted by Gasteiger charge is 2.04. The summed E-state index contributed by atoms with van der Waals surface area (Å²) in [7, 11) is 0. The zero-order valence-corrected chi connectivity index (χ0v) is 9.54. The lowest BCUT2D eigenvalue weighted by Crippen LogP contribution is -2.22. The minimum atomic E-state index is -0.101. The summed E-state index contributed by atoms with van der Waals surface area (Å²) < 4.78 is 0. The number of nitrogens with one attached hydrogen (secondary N) is 2. The van der Waals surface area contributed by atoms with Crippen molar-refractivity contribution in [3.63, 3.8) is 0 Å². The molecule has 0 unspecified atom stereocenters. The molecule has 0 atom stereocenters. The Morgan fingerprint density at radius 2 is 1.75 bits per heavy atom. The Morgan fingerprint density at radius 1 is 1.12 bits per heavy atom. The summed E-state index contributed by atoms with van der Waals surface area (Å²) in [6.45, 7) is 4.26. The summed E-state index contributed by atoms with van der Waals surface area (Å²) in [6, 6.07) is 6.82. The van der Waals surface area contributed by atoms with Gasteiger partial charge >= 0.3 is 0 Å². The zero-order valence-electron chi connectivity index (χ0n) is 9.54. The summed E-state index contributed by atoms with van der Waals surface area (Å²) in [4.78, 5) is 22.5. The summed E-state index contributed by atoms with van der Waals surface area (Å²) in [5.41, 5.74) is 1.30. The van der Waals surface area contributed by atoms with Crippen LogP contribution in [0.15, 0.2) is 24.3 Å². The molecule has 0 aliphatic carbocycles. The molecule has 0 aliphatic heterocycles. The molecule has 0 aromatic heterocycles. The number of benzene rings is 1. The Kier molecular flexibility index (Phi) is 4.51. The smallest absolute Gasteiger partial charge is 0.251 e. The molecule has 0 heterocycles. The van der Waals surface area contributed by atoms with Gasteiger partial charge in [-0.3, -0.25) is 9.59 Å². The molecule has 2 N–H and O–H groups in total. The third-order valence-electron chi connectivity index (χ3n) is 2.09. The van der Waals surface area contributed by atoms with Crippen LogP contribution in [0, 0.1) is 0 Å². The van der Waals surface area contributed by atoms with E-state index in [9.17, 15) is 9.59 Å². The quantitative estimate of drug-likeness (QED) is 0.812. The van der Waals surface area contributed by atoms with Gasteiger partial charge in [-0.2, -0.15) is 0 Å². The van der Waals surface area contributed by atoms with Gasteiger partial charge in [-0.25, -0.2) is 0 Å². The second kappa shape index (κ2) is 5.90. The molecule has 0 fully saturated rings.